The molecule has 0 atom stereocenters. The fraction of sp³-hybridized carbons (Fsp3) is 0.727. The highest BCUT2D eigenvalue weighted by Gasteiger charge is 1.82. The average Bonchev–Trinajstić information content (AvgIpc) is 2.02. The molecule has 0 aromatic carbocycles. The van der Waals surface area contributed by atoms with Gasteiger partial charge in [-0.2, -0.15) is 0 Å². The molecule has 0 saturated heterocycles. The van der Waals surface area contributed by atoms with E-state index in [0.717, 1.165) is 0 Å². The van der Waals surface area contributed by atoms with E-state index >= 15 is 0 Å². The van der Waals surface area contributed by atoms with E-state index in [1.54, 1.807) is 0 Å². The summed E-state index contributed by atoms with van der Waals surface area (Å²) in [5.41, 5.74) is 0. The summed E-state index contributed by atoms with van der Waals surface area (Å²) in [5, 5.41) is 0. The molecule has 0 fully saturated rings. The van der Waals surface area contributed by atoms with Gasteiger partial charge in [0, 0.05) is 12.4 Å². The van der Waals surface area contributed by atoms with Gasteiger partial charge in [-0.25, -0.2) is 0 Å². The van der Waals surface area contributed by atoms with Gasteiger partial charge in [0.25, 0.3) is 0 Å². The van der Waals surface area contributed by atoms with Crippen LogP contribution in [0.5, 0.6) is 0 Å². The first-order valence-corrected chi connectivity index (χ1v) is 4.83. The summed E-state index contributed by atoms with van der Waals surface area (Å²) in [6.07, 6.45) is 5.89. The zero-order valence-electron chi connectivity index (χ0n) is 9.33. The summed E-state index contributed by atoms with van der Waals surface area (Å²) in [6.45, 7) is 12.5. The predicted octanol–water partition coefficient (Wildman–Crippen LogP) is 3.91. The van der Waals surface area contributed by atoms with Crippen molar-refractivity contribution in [2.45, 2.75) is 41.5 Å². The predicted molar refractivity (Wildman–Crippen MR) is 58.7 cm³/mol. The fourth-order valence-corrected chi connectivity index (χ4v) is 0.444. The van der Waals surface area contributed by atoms with Crippen LogP contribution in [0.15, 0.2) is 17.3 Å². The Morgan fingerprint density at radius 3 is 1.75 bits per heavy atom. The Hall–Kier alpha value is -0.590. The number of hydrogen-bond donors (Lipinski definition) is 0. The van der Waals surface area contributed by atoms with Crippen molar-refractivity contribution >= 4 is 6.21 Å². The quantitative estimate of drug-likeness (QED) is 0.568. The monoisotopic (exact) mass is 169 g/mol. The number of rotatable bonds is 3. The number of nitrogens with zero attached hydrogens (tertiary/aromatic N) is 1. The molecule has 12 heavy (non-hydrogen) atoms. The van der Waals surface area contributed by atoms with Crippen LogP contribution in [0.3, 0.4) is 0 Å². The summed E-state index contributed by atoms with van der Waals surface area (Å²) < 4.78 is 0. The van der Waals surface area contributed by atoms with E-state index < -0.39 is 0 Å². The molecule has 0 amide bonds. The molecule has 1 heteroatoms. The first-order valence-electron chi connectivity index (χ1n) is 4.83. The molecule has 0 rings (SSSR count). The van der Waals surface area contributed by atoms with Crippen LogP contribution in [0.25, 0.3) is 0 Å². The third-order valence-corrected chi connectivity index (χ3v) is 0.941. The van der Waals surface area contributed by atoms with E-state index in [-0.39, 0.29) is 0 Å². The summed E-state index contributed by atoms with van der Waals surface area (Å²) >= 11 is 0. The molecule has 0 radical (unpaired) electrons. The van der Waals surface area contributed by atoms with E-state index in [9.17, 15) is 0 Å². The normalized spacial score (nSPS) is 11.3. The third kappa shape index (κ3) is 16.2. The molecule has 72 valence electrons. The second-order valence-electron chi connectivity index (χ2n) is 3.13. The maximum absolute atomic E-state index is 4.11. The van der Waals surface area contributed by atoms with Gasteiger partial charge in [-0.05, 0) is 11.8 Å². The second-order valence-corrected chi connectivity index (χ2v) is 3.13. The van der Waals surface area contributed by atoms with Crippen LogP contribution >= 0.6 is 0 Å². The topological polar surface area (TPSA) is 12.4 Å². The molecular formula is C11H23N. The van der Waals surface area contributed by atoms with Crippen molar-refractivity contribution in [2.24, 2.45) is 16.8 Å². The van der Waals surface area contributed by atoms with E-state index in [1.807, 2.05) is 26.3 Å². The lowest BCUT2D eigenvalue weighted by molar-refractivity contribution is 0.828. The highest BCUT2D eigenvalue weighted by atomic mass is 14.7. The van der Waals surface area contributed by atoms with Crippen LogP contribution < -0.4 is 0 Å². The van der Waals surface area contributed by atoms with Crippen molar-refractivity contribution in [3.63, 3.8) is 0 Å². The molecule has 0 aliphatic rings. The maximum atomic E-state index is 4.11. The van der Waals surface area contributed by atoms with Gasteiger partial charge in [0.05, 0.1) is 0 Å². The van der Waals surface area contributed by atoms with Crippen molar-refractivity contribution < 1.29 is 0 Å². The minimum Gasteiger partial charge on any atom is -0.269 e. The minimum absolute atomic E-state index is 0.553. The van der Waals surface area contributed by atoms with Crippen molar-refractivity contribution in [1.82, 2.24) is 0 Å². The molecule has 0 aromatic heterocycles. The van der Waals surface area contributed by atoms with Crippen molar-refractivity contribution in [2.75, 3.05) is 0 Å². The molecule has 0 aromatic rings. The zero-order valence-corrected chi connectivity index (χ0v) is 9.33. The highest BCUT2D eigenvalue weighted by molar-refractivity contribution is 5.60. The molecule has 0 heterocycles. The second kappa shape index (κ2) is 10.4. The number of allylic oxidation sites excluding steroid dienone is 1. The molecule has 0 saturated carbocycles. The lowest BCUT2D eigenvalue weighted by Crippen LogP contribution is -1.85. The van der Waals surface area contributed by atoms with Gasteiger partial charge < -0.3 is 0 Å². The molecular weight excluding hydrogens is 146 g/mol. The Morgan fingerprint density at radius 2 is 1.42 bits per heavy atom. The van der Waals surface area contributed by atoms with E-state index in [4.69, 9.17) is 0 Å². The van der Waals surface area contributed by atoms with Gasteiger partial charge >= 0.3 is 0 Å². The number of hydrogen-bond acceptors (Lipinski definition) is 1. The first kappa shape index (κ1) is 14.0. The molecule has 0 aliphatic carbocycles. The lowest BCUT2D eigenvalue weighted by atomic mass is 10.2. The largest absolute Gasteiger partial charge is 0.269 e. The van der Waals surface area contributed by atoms with Crippen LogP contribution in [0.1, 0.15) is 41.5 Å². The van der Waals surface area contributed by atoms with Gasteiger partial charge in [0.1, 0.15) is 0 Å². The molecule has 0 unspecified atom stereocenters. The van der Waals surface area contributed by atoms with Crippen LogP contribution in [0, 0.1) is 11.8 Å². The molecule has 0 aliphatic heterocycles. The summed E-state index contributed by atoms with van der Waals surface area (Å²) in [7, 11) is 0. The van der Waals surface area contributed by atoms with Gasteiger partial charge in [0.15, 0.2) is 0 Å². The van der Waals surface area contributed by atoms with Gasteiger partial charge in [-0.15, -0.1) is 0 Å². The average molecular weight is 169 g/mol. The summed E-state index contributed by atoms with van der Waals surface area (Å²) in [6, 6.07) is 0. The van der Waals surface area contributed by atoms with Crippen molar-refractivity contribution in [1.29, 1.82) is 0 Å². The van der Waals surface area contributed by atoms with Gasteiger partial charge in [-0.1, -0.05) is 47.6 Å². The van der Waals surface area contributed by atoms with Crippen molar-refractivity contribution in [3.8, 4) is 0 Å². The number of aliphatic imine (C=N–C) groups is 1. The first-order chi connectivity index (χ1) is 5.63. The third-order valence-electron chi connectivity index (χ3n) is 0.941. The SMILES string of the molecule is CC.CC(C)C=N/C=C\C(C)C. The van der Waals surface area contributed by atoms with E-state index in [2.05, 4.69) is 38.8 Å². The molecule has 1 nitrogen and oxygen atoms in total. The van der Waals surface area contributed by atoms with E-state index in [0.29, 0.717) is 11.8 Å². The van der Waals surface area contributed by atoms with Crippen LogP contribution in [0.4, 0.5) is 0 Å². The highest BCUT2D eigenvalue weighted by Crippen LogP contribution is 1.93. The van der Waals surface area contributed by atoms with E-state index in [1.165, 1.54) is 0 Å². The Bertz CT molecular complexity index is 105. The van der Waals surface area contributed by atoms with Gasteiger partial charge in [-0.3, -0.25) is 4.99 Å². The standard InChI is InChI=1S/C9H17N.C2H6/c1-8(2)5-6-10-7-9(3)4;1-2/h5-9H,1-4H3;1-2H3/b6-5-,10-7?;. The Balaban J connectivity index is 0. The molecule has 0 spiro atoms. The lowest BCUT2D eigenvalue weighted by Gasteiger charge is -1.91. The van der Waals surface area contributed by atoms with Gasteiger partial charge in [0.2, 0.25) is 0 Å². The Kier molecular flexibility index (Phi) is 12.1. The minimum atomic E-state index is 0.553. The maximum Gasteiger partial charge on any atom is 0.0226 e. The molecule has 0 bridgehead atoms. The summed E-state index contributed by atoms with van der Waals surface area (Å²) in [5.74, 6) is 1.15. The summed E-state index contributed by atoms with van der Waals surface area (Å²) in [4.78, 5) is 4.11. The van der Waals surface area contributed by atoms with Crippen LogP contribution in [-0.4, -0.2) is 6.21 Å². The fourth-order valence-electron chi connectivity index (χ4n) is 0.444. The van der Waals surface area contributed by atoms with Crippen LogP contribution in [0.2, 0.25) is 0 Å². The Morgan fingerprint density at radius 1 is 0.917 bits per heavy atom. The van der Waals surface area contributed by atoms with Crippen LogP contribution in [-0.2, 0) is 0 Å². The smallest absolute Gasteiger partial charge is 0.0226 e. The zero-order chi connectivity index (χ0) is 9.98. The van der Waals surface area contributed by atoms with Crippen molar-refractivity contribution in [3.05, 3.63) is 12.3 Å². The molecule has 0 N–H and O–H groups in total. The Labute approximate surface area is 77.6 Å².